The number of amides is 3. The number of benzene rings is 2. The van der Waals surface area contributed by atoms with Crippen molar-refractivity contribution in [3.63, 3.8) is 0 Å². The molecule has 2 fully saturated rings. The zero-order valence-corrected chi connectivity index (χ0v) is 21.5. The number of nitrogens with zero attached hydrogens (tertiary/aromatic N) is 2. The molecule has 1 saturated heterocycles. The number of carbonyl (C=O) groups is 3. The molecule has 1 aliphatic heterocycles. The summed E-state index contributed by atoms with van der Waals surface area (Å²) in [7, 11) is 0. The van der Waals surface area contributed by atoms with Gasteiger partial charge in [0.2, 0.25) is 0 Å². The van der Waals surface area contributed by atoms with Gasteiger partial charge in [-0.15, -0.1) is 0 Å². The Balaban J connectivity index is 1.28. The van der Waals surface area contributed by atoms with Crippen molar-refractivity contribution in [2.75, 3.05) is 18.5 Å². The van der Waals surface area contributed by atoms with Gasteiger partial charge in [0.05, 0.1) is 29.1 Å². The van der Waals surface area contributed by atoms with E-state index in [0.717, 1.165) is 17.0 Å². The van der Waals surface area contributed by atoms with Crippen molar-refractivity contribution >= 4 is 45.6 Å². The number of imide groups is 1. The molecule has 4 atom stereocenters. The Morgan fingerprint density at radius 3 is 2.42 bits per heavy atom. The molecule has 5 rings (SSSR count). The molecule has 2 aliphatic carbocycles. The predicted octanol–water partition coefficient (Wildman–Crippen LogP) is 4.31. The number of carbonyl (C=O) groups excluding carboxylic acids is 3. The van der Waals surface area contributed by atoms with E-state index < -0.39 is 0 Å². The molecule has 8 nitrogen and oxygen atoms in total. The lowest BCUT2D eigenvalue weighted by Crippen LogP contribution is -2.28. The standard InChI is InChI=1S/C27H26BrN3O5/c1-3-35-21-11-16(13-29-31-26(33)23-17-6-7-18(12-17)24(23)27(31)34)10-20(28)25(21)36-14-22(32)30-19-8-4-15(2)5-9-19/h4-11,13,17-18,23-24H,3,12,14H2,1-2H3,(H,30,32)/t17-,18-,23-,24+/m0/s1. The number of nitrogens with one attached hydrogen (secondary N) is 1. The van der Waals surface area contributed by atoms with Gasteiger partial charge in [0, 0.05) is 5.69 Å². The number of hydrazone groups is 1. The van der Waals surface area contributed by atoms with Crippen molar-refractivity contribution in [1.82, 2.24) is 5.01 Å². The molecule has 2 bridgehead atoms. The molecule has 186 valence electrons. The molecule has 0 unspecified atom stereocenters. The SMILES string of the molecule is CCOc1cc(C=NN2C(=O)[C@@H]3[C@H](C2=O)[C@H]2C=C[C@H]3C2)cc(Br)c1OCC(=O)Nc1ccc(C)cc1. The second kappa shape index (κ2) is 9.89. The average molecular weight is 552 g/mol. The molecule has 1 heterocycles. The molecule has 1 N–H and O–H groups in total. The van der Waals surface area contributed by atoms with Gasteiger partial charge in [-0.1, -0.05) is 29.8 Å². The quantitative estimate of drug-likeness (QED) is 0.299. The predicted molar refractivity (Wildman–Crippen MR) is 138 cm³/mol. The molecule has 3 aliphatic rings. The molecule has 2 aromatic carbocycles. The first-order chi connectivity index (χ1) is 17.4. The van der Waals surface area contributed by atoms with Crippen LogP contribution in [0.15, 0.2) is 58.1 Å². The normalized spacial score (nSPS) is 24.0. The molecule has 36 heavy (non-hydrogen) atoms. The lowest BCUT2D eigenvalue weighted by Gasteiger charge is -2.15. The summed E-state index contributed by atoms with van der Waals surface area (Å²) in [5.41, 5.74) is 2.40. The van der Waals surface area contributed by atoms with Crippen LogP contribution in [0.1, 0.15) is 24.5 Å². The first kappa shape index (κ1) is 24.2. The van der Waals surface area contributed by atoms with Gasteiger partial charge in [-0.05, 0) is 77.9 Å². The van der Waals surface area contributed by atoms with Gasteiger partial charge in [-0.25, -0.2) is 0 Å². The van der Waals surface area contributed by atoms with Crippen molar-refractivity contribution in [1.29, 1.82) is 0 Å². The van der Waals surface area contributed by atoms with E-state index in [9.17, 15) is 14.4 Å². The van der Waals surface area contributed by atoms with Crippen molar-refractivity contribution < 1.29 is 23.9 Å². The van der Waals surface area contributed by atoms with E-state index in [0.29, 0.717) is 33.8 Å². The summed E-state index contributed by atoms with van der Waals surface area (Å²) in [6, 6.07) is 10.9. The van der Waals surface area contributed by atoms with Crippen LogP contribution in [0.5, 0.6) is 11.5 Å². The van der Waals surface area contributed by atoms with Crippen molar-refractivity contribution in [3.8, 4) is 11.5 Å². The lowest BCUT2D eigenvalue weighted by atomic mass is 9.85. The number of anilines is 1. The Hall–Kier alpha value is -3.46. The third-order valence-electron chi connectivity index (χ3n) is 6.78. The lowest BCUT2D eigenvalue weighted by molar-refractivity contribution is -0.140. The third kappa shape index (κ3) is 4.55. The van der Waals surface area contributed by atoms with E-state index in [1.165, 1.54) is 6.21 Å². The summed E-state index contributed by atoms with van der Waals surface area (Å²) >= 11 is 3.48. The van der Waals surface area contributed by atoms with Gasteiger partial charge in [-0.3, -0.25) is 14.4 Å². The smallest absolute Gasteiger partial charge is 0.262 e. The van der Waals surface area contributed by atoms with Crippen LogP contribution < -0.4 is 14.8 Å². The number of hydrogen-bond acceptors (Lipinski definition) is 6. The van der Waals surface area contributed by atoms with Gasteiger partial charge in [-0.2, -0.15) is 10.1 Å². The van der Waals surface area contributed by atoms with Gasteiger partial charge in [0.25, 0.3) is 17.7 Å². The fourth-order valence-corrected chi connectivity index (χ4v) is 5.74. The Morgan fingerprint density at radius 2 is 1.78 bits per heavy atom. The van der Waals surface area contributed by atoms with E-state index >= 15 is 0 Å². The maximum Gasteiger partial charge on any atom is 0.262 e. The fourth-order valence-electron chi connectivity index (χ4n) is 5.16. The van der Waals surface area contributed by atoms with Crippen LogP contribution in [0, 0.1) is 30.6 Å². The summed E-state index contributed by atoms with van der Waals surface area (Å²) in [4.78, 5) is 38.1. The highest BCUT2D eigenvalue weighted by molar-refractivity contribution is 9.10. The molecule has 0 radical (unpaired) electrons. The van der Waals surface area contributed by atoms with Crippen molar-refractivity contribution in [2.45, 2.75) is 20.3 Å². The molecule has 3 amide bonds. The fraction of sp³-hybridized carbons (Fsp3) is 0.333. The second-order valence-electron chi connectivity index (χ2n) is 9.20. The molecule has 9 heteroatoms. The summed E-state index contributed by atoms with van der Waals surface area (Å²) in [5, 5.41) is 8.04. The Kier molecular flexibility index (Phi) is 6.66. The molecule has 1 saturated carbocycles. The van der Waals surface area contributed by atoms with Crippen molar-refractivity contribution in [3.05, 3.63) is 64.1 Å². The maximum atomic E-state index is 12.9. The third-order valence-corrected chi connectivity index (χ3v) is 7.37. The van der Waals surface area contributed by atoms with Gasteiger partial charge in [0.1, 0.15) is 0 Å². The van der Waals surface area contributed by atoms with E-state index in [4.69, 9.17) is 9.47 Å². The van der Waals surface area contributed by atoms with Crippen LogP contribution in [0.25, 0.3) is 0 Å². The Labute approximate surface area is 217 Å². The van der Waals surface area contributed by atoms with Crippen LogP contribution in [-0.4, -0.2) is 42.2 Å². The molecular weight excluding hydrogens is 526 g/mol. The van der Waals surface area contributed by atoms with Crippen LogP contribution >= 0.6 is 15.9 Å². The Morgan fingerprint density at radius 1 is 1.11 bits per heavy atom. The van der Waals surface area contributed by atoms with Crippen LogP contribution in [0.3, 0.4) is 0 Å². The summed E-state index contributed by atoms with van der Waals surface area (Å²) in [6.07, 6.45) is 6.44. The summed E-state index contributed by atoms with van der Waals surface area (Å²) < 4.78 is 12.1. The van der Waals surface area contributed by atoms with Crippen molar-refractivity contribution in [2.24, 2.45) is 28.8 Å². The summed E-state index contributed by atoms with van der Waals surface area (Å²) in [6.45, 7) is 3.98. The van der Waals surface area contributed by atoms with Gasteiger partial charge >= 0.3 is 0 Å². The number of ether oxygens (including phenoxy) is 2. The topological polar surface area (TPSA) is 97.3 Å². The van der Waals surface area contributed by atoms with E-state index in [1.54, 1.807) is 12.1 Å². The number of allylic oxidation sites excluding steroid dienone is 2. The zero-order valence-electron chi connectivity index (χ0n) is 19.9. The largest absolute Gasteiger partial charge is 0.490 e. The molecule has 0 spiro atoms. The van der Waals surface area contributed by atoms with E-state index in [2.05, 4.69) is 38.5 Å². The van der Waals surface area contributed by atoms with E-state index in [-0.39, 0.29) is 48.0 Å². The van der Waals surface area contributed by atoms with Gasteiger partial charge < -0.3 is 14.8 Å². The monoisotopic (exact) mass is 551 g/mol. The summed E-state index contributed by atoms with van der Waals surface area (Å²) in [5.74, 6) is -0.310. The minimum atomic E-state index is -0.307. The second-order valence-corrected chi connectivity index (χ2v) is 10.1. The van der Waals surface area contributed by atoms with Gasteiger partial charge in [0.15, 0.2) is 18.1 Å². The number of fused-ring (bicyclic) bond motifs is 5. The number of aryl methyl sites for hydroxylation is 1. The highest BCUT2D eigenvalue weighted by Gasteiger charge is 2.59. The highest BCUT2D eigenvalue weighted by Crippen LogP contribution is 2.52. The highest BCUT2D eigenvalue weighted by atomic mass is 79.9. The first-order valence-electron chi connectivity index (χ1n) is 11.9. The number of rotatable bonds is 8. The van der Waals surface area contributed by atoms with Crippen LogP contribution in [-0.2, 0) is 14.4 Å². The maximum absolute atomic E-state index is 12.9. The number of hydrogen-bond donors (Lipinski definition) is 1. The first-order valence-corrected chi connectivity index (χ1v) is 12.7. The van der Waals surface area contributed by atoms with Crippen LogP contribution in [0.4, 0.5) is 5.69 Å². The molecule has 2 aromatic rings. The zero-order chi connectivity index (χ0) is 25.4. The van der Waals surface area contributed by atoms with Crippen LogP contribution in [0.2, 0.25) is 0 Å². The molecular formula is C27H26BrN3O5. The average Bonchev–Trinajstić information content (AvgIpc) is 3.53. The number of halogens is 1. The minimum Gasteiger partial charge on any atom is -0.490 e. The Bertz CT molecular complexity index is 1240. The van der Waals surface area contributed by atoms with E-state index in [1.807, 2.05) is 38.1 Å². The molecule has 0 aromatic heterocycles. The minimum absolute atomic E-state index is 0.134.